The summed E-state index contributed by atoms with van der Waals surface area (Å²) in [5.74, 6) is 0.554. The van der Waals surface area contributed by atoms with E-state index in [0.717, 1.165) is 12.8 Å². The number of nitrogens with one attached hydrogen (secondary N) is 1. The van der Waals surface area contributed by atoms with Crippen LogP contribution < -0.4 is 5.32 Å². The second-order valence-electron chi connectivity index (χ2n) is 2.95. The van der Waals surface area contributed by atoms with Crippen molar-refractivity contribution in [1.82, 2.24) is 5.32 Å². The Morgan fingerprint density at radius 3 is 1.79 bits per heavy atom. The summed E-state index contributed by atoms with van der Waals surface area (Å²) in [6, 6.07) is 0. The van der Waals surface area contributed by atoms with E-state index < -0.39 is 0 Å². The van der Waals surface area contributed by atoms with Gasteiger partial charge < -0.3 is 5.32 Å². The molecule has 0 aromatic rings. The molecule has 2 heteroatoms. The topological polar surface area (TPSA) is 29.1 Å². The maximum Gasteiger partial charge on any atom is 0.222 e. The van der Waals surface area contributed by atoms with Crippen LogP contribution >= 0.6 is 0 Å². The van der Waals surface area contributed by atoms with Crippen molar-refractivity contribution in [2.75, 3.05) is 7.05 Å². The molecule has 1 aliphatic carbocycles. The van der Waals surface area contributed by atoms with E-state index in [1.165, 1.54) is 19.3 Å². The predicted molar refractivity (Wildman–Crippen MR) is 63.3 cm³/mol. The van der Waals surface area contributed by atoms with Crippen LogP contribution in [0.2, 0.25) is 0 Å². The first-order chi connectivity index (χ1) is 6.84. The molecule has 0 saturated heterocycles. The predicted octanol–water partition coefficient (Wildman–Crippen LogP) is 3.37. The monoisotopic (exact) mass is 201 g/mol. The number of rotatable bonds is 1. The fraction of sp³-hybridized carbons (Fsp3) is 0.917. The first-order valence-corrected chi connectivity index (χ1v) is 6.06. The lowest BCUT2D eigenvalue weighted by Gasteiger charge is -2.19. The molecule has 0 atom stereocenters. The normalized spacial score (nSPS) is 15.5. The van der Waals surface area contributed by atoms with Crippen LogP contribution in [-0.4, -0.2) is 13.0 Å². The van der Waals surface area contributed by atoms with E-state index in [9.17, 15) is 4.79 Å². The Labute approximate surface area is 89.5 Å². The molecule has 1 rings (SSSR count). The van der Waals surface area contributed by atoms with E-state index in [0.29, 0.717) is 5.92 Å². The van der Waals surface area contributed by atoms with Gasteiger partial charge in [-0.2, -0.15) is 0 Å². The van der Waals surface area contributed by atoms with E-state index in [-0.39, 0.29) is 5.91 Å². The summed E-state index contributed by atoms with van der Waals surface area (Å²) < 4.78 is 0. The number of carbonyl (C=O) groups is 1. The summed E-state index contributed by atoms with van der Waals surface area (Å²) >= 11 is 0. The van der Waals surface area contributed by atoms with Gasteiger partial charge in [0.25, 0.3) is 0 Å². The molecule has 1 aliphatic rings. The second kappa shape index (κ2) is 12.5. The third kappa shape index (κ3) is 6.93. The van der Waals surface area contributed by atoms with Gasteiger partial charge in [-0.15, -0.1) is 0 Å². The van der Waals surface area contributed by atoms with Crippen molar-refractivity contribution in [2.45, 2.75) is 59.8 Å². The standard InChI is InChI=1S/C8H15NO.2C2H6/c1-9-8(10)7-5-3-2-4-6-7;2*1-2/h7H,2-6H2,1H3,(H,9,10);2*1-2H3. The fourth-order valence-electron chi connectivity index (χ4n) is 1.57. The van der Waals surface area contributed by atoms with Crippen molar-refractivity contribution in [1.29, 1.82) is 0 Å². The highest BCUT2D eigenvalue weighted by Crippen LogP contribution is 2.23. The maximum atomic E-state index is 11.1. The molecule has 0 aliphatic heterocycles. The number of hydrogen-bond acceptors (Lipinski definition) is 1. The third-order valence-corrected chi connectivity index (χ3v) is 2.22. The van der Waals surface area contributed by atoms with Gasteiger partial charge >= 0.3 is 0 Å². The van der Waals surface area contributed by atoms with Gasteiger partial charge in [-0.3, -0.25) is 4.79 Å². The lowest BCUT2D eigenvalue weighted by molar-refractivity contribution is -0.125. The largest absolute Gasteiger partial charge is 0.359 e. The van der Waals surface area contributed by atoms with Crippen molar-refractivity contribution in [2.24, 2.45) is 5.92 Å². The summed E-state index contributed by atoms with van der Waals surface area (Å²) in [6.07, 6.45) is 5.98. The molecule has 0 heterocycles. The van der Waals surface area contributed by atoms with Crippen molar-refractivity contribution in [3.05, 3.63) is 0 Å². The Morgan fingerprint density at radius 1 is 1.00 bits per heavy atom. The van der Waals surface area contributed by atoms with Crippen LogP contribution in [0.1, 0.15) is 59.8 Å². The van der Waals surface area contributed by atoms with Crippen LogP contribution in [0, 0.1) is 5.92 Å². The first-order valence-electron chi connectivity index (χ1n) is 6.06. The van der Waals surface area contributed by atoms with Crippen LogP contribution in [0.4, 0.5) is 0 Å². The van der Waals surface area contributed by atoms with Crippen LogP contribution in [0.3, 0.4) is 0 Å². The highest BCUT2D eigenvalue weighted by Gasteiger charge is 2.19. The zero-order valence-electron chi connectivity index (χ0n) is 10.5. The fourth-order valence-corrected chi connectivity index (χ4v) is 1.57. The first kappa shape index (κ1) is 15.9. The average molecular weight is 201 g/mol. The van der Waals surface area contributed by atoms with Crippen LogP contribution in [0.5, 0.6) is 0 Å². The Balaban J connectivity index is 0. The van der Waals surface area contributed by atoms with Gasteiger partial charge in [-0.05, 0) is 12.8 Å². The highest BCUT2D eigenvalue weighted by atomic mass is 16.1. The molecular formula is C12H27NO. The Hall–Kier alpha value is -0.530. The molecule has 1 saturated carbocycles. The summed E-state index contributed by atoms with van der Waals surface area (Å²) in [7, 11) is 1.72. The Kier molecular flexibility index (Phi) is 14.2. The van der Waals surface area contributed by atoms with E-state index in [1.54, 1.807) is 7.05 Å². The minimum Gasteiger partial charge on any atom is -0.359 e. The molecule has 1 amide bonds. The molecule has 86 valence electrons. The van der Waals surface area contributed by atoms with Gasteiger partial charge in [0.1, 0.15) is 0 Å². The third-order valence-electron chi connectivity index (χ3n) is 2.22. The number of amides is 1. The lowest BCUT2D eigenvalue weighted by atomic mass is 9.89. The molecule has 0 bridgehead atoms. The lowest BCUT2D eigenvalue weighted by Crippen LogP contribution is -2.28. The number of hydrogen-bond donors (Lipinski definition) is 1. The Morgan fingerprint density at radius 2 is 1.43 bits per heavy atom. The summed E-state index contributed by atoms with van der Waals surface area (Å²) in [5.41, 5.74) is 0. The van der Waals surface area contributed by atoms with Crippen LogP contribution in [-0.2, 0) is 4.79 Å². The zero-order valence-corrected chi connectivity index (χ0v) is 10.5. The van der Waals surface area contributed by atoms with Gasteiger partial charge in [0.05, 0.1) is 0 Å². The molecule has 14 heavy (non-hydrogen) atoms. The van der Waals surface area contributed by atoms with Gasteiger partial charge in [0.2, 0.25) is 5.91 Å². The van der Waals surface area contributed by atoms with Crippen molar-refractivity contribution >= 4 is 5.91 Å². The van der Waals surface area contributed by atoms with Gasteiger partial charge in [-0.25, -0.2) is 0 Å². The molecule has 1 N–H and O–H groups in total. The maximum absolute atomic E-state index is 11.1. The molecule has 1 fully saturated rings. The van der Waals surface area contributed by atoms with Crippen molar-refractivity contribution in [3.8, 4) is 0 Å². The SMILES string of the molecule is CC.CC.CNC(=O)C1CCCCC1. The minimum absolute atomic E-state index is 0.236. The molecule has 0 aromatic heterocycles. The van der Waals surface area contributed by atoms with Gasteiger partial charge in [0, 0.05) is 13.0 Å². The smallest absolute Gasteiger partial charge is 0.222 e. The van der Waals surface area contributed by atoms with Crippen LogP contribution in [0.25, 0.3) is 0 Å². The van der Waals surface area contributed by atoms with E-state index in [1.807, 2.05) is 27.7 Å². The summed E-state index contributed by atoms with van der Waals surface area (Å²) in [5, 5.41) is 2.70. The number of carbonyl (C=O) groups excluding carboxylic acids is 1. The second-order valence-corrected chi connectivity index (χ2v) is 2.95. The van der Waals surface area contributed by atoms with Crippen LogP contribution in [0.15, 0.2) is 0 Å². The minimum atomic E-state index is 0.236. The molecular weight excluding hydrogens is 174 g/mol. The molecule has 0 radical (unpaired) electrons. The zero-order chi connectivity index (χ0) is 11.4. The van der Waals surface area contributed by atoms with E-state index in [2.05, 4.69) is 5.32 Å². The van der Waals surface area contributed by atoms with Gasteiger partial charge in [0.15, 0.2) is 0 Å². The van der Waals surface area contributed by atoms with E-state index in [4.69, 9.17) is 0 Å². The molecule has 0 unspecified atom stereocenters. The molecule has 0 spiro atoms. The highest BCUT2D eigenvalue weighted by molar-refractivity contribution is 5.78. The van der Waals surface area contributed by atoms with E-state index >= 15 is 0 Å². The summed E-state index contributed by atoms with van der Waals surface area (Å²) in [6.45, 7) is 8.00. The quantitative estimate of drug-likeness (QED) is 0.692. The molecule has 2 nitrogen and oxygen atoms in total. The van der Waals surface area contributed by atoms with Crippen molar-refractivity contribution in [3.63, 3.8) is 0 Å². The van der Waals surface area contributed by atoms with Crippen molar-refractivity contribution < 1.29 is 4.79 Å². The average Bonchev–Trinajstić information content (AvgIpc) is 2.34. The van der Waals surface area contributed by atoms with Gasteiger partial charge in [-0.1, -0.05) is 47.0 Å². The summed E-state index contributed by atoms with van der Waals surface area (Å²) in [4.78, 5) is 11.1. The molecule has 0 aromatic carbocycles. The Bertz CT molecular complexity index is 117.